The number of hydrogen-bond donors (Lipinski definition) is 1. The molecule has 1 aliphatic heterocycles. The number of nitrogens with zero attached hydrogens (tertiary/aromatic N) is 1. The number of amides is 2. The SMILES string of the molecule is CS(=O)(=O)CCOC12CC3CC(C1)C(NC(=O)N1CCOc4ccccc41)C(C3)C2. The third kappa shape index (κ3) is 3.80. The molecule has 4 bridgehead atoms. The molecule has 4 saturated carbocycles. The van der Waals surface area contributed by atoms with Crippen molar-refractivity contribution in [2.45, 2.75) is 43.7 Å². The number of fused-ring (bicyclic) bond motifs is 1. The van der Waals surface area contributed by atoms with Crippen molar-refractivity contribution in [2.24, 2.45) is 17.8 Å². The molecule has 0 spiro atoms. The predicted molar refractivity (Wildman–Crippen MR) is 114 cm³/mol. The molecule has 4 fully saturated rings. The molecule has 7 nitrogen and oxygen atoms in total. The second-order valence-electron chi connectivity index (χ2n) is 9.57. The van der Waals surface area contributed by atoms with Crippen LogP contribution in [0.5, 0.6) is 5.75 Å². The van der Waals surface area contributed by atoms with E-state index in [-0.39, 0.29) is 30.0 Å². The van der Waals surface area contributed by atoms with E-state index >= 15 is 0 Å². The highest BCUT2D eigenvalue weighted by Crippen LogP contribution is 2.57. The Morgan fingerprint density at radius 1 is 1.23 bits per heavy atom. The molecule has 0 saturated heterocycles. The maximum absolute atomic E-state index is 13.2. The summed E-state index contributed by atoms with van der Waals surface area (Å²) in [5.41, 5.74) is 0.624. The second kappa shape index (κ2) is 7.41. The van der Waals surface area contributed by atoms with Gasteiger partial charge in [0.2, 0.25) is 0 Å². The van der Waals surface area contributed by atoms with Crippen LogP contribution in [0.1, 0.15) is 32.1 Å². The van der Waals surface area contributed by atoms with Gasteiger partial charge in [0.25, 0.3) is 0 Å². The van der Waals surface area contributed by atoms with Gasteiger partial charge in [-0.2, -0.15) is 0 Å². The van der Waals surface area contributed by atoms with Crippen molar-refractivity contribution in [3.63, 3.8) is 0 Å². The third-order valence-electron chi connectivity index (χ3n) is 7.34. The number of rotatable bonds is 5. The van der Waals surface area contributed by atoms with Crippen molar-refractivity contribution in [2.75, 3.05) is 36.7 Å². The number of carbonyl (C=O) groups is 1. The van der Waals surface area contributed by atoms with E-state index in [0.717, 1.165) is 43.5 Å². The Morgan fingerprint density at radius 3 is 2.70 bits per heavy atom. The standard InChI is InChI=1S/C22H30N2O5S/c1-30(26,27)9-8-29-22-12-15-10-16(13-22)20(17(11-15)14-22)23-21(25)24-6-7-28-19-5-3-2-4-18(19)24/h2-5,15-17,20H,6-14H2,1H3,(H,23,25). The summed E-state index contributed by atoms with van der Waals surface area (Å²) in [6.45, 7) is 1.32. The van der Waals surface area contributed by atoms with Crippen LogP contribution in [0.4, 0.5) is 10.5 Å². The fourth-order valence-electron chi connectivity index (χ4n) is 6.37. The highest BCUT2D eigenvalue weighted by molar-refractivity contribution is 7.90. The molecular weight excluding hydrogens is 404 g/mol. The molecule has 1 aromatic rings. The summed E-state index contributed by atoms with van der Waals surface area (Å²) < 4.78 is 34.9. The van der Waals surface area contributed by atoms with Gasteiger partial charge in [0.05, 0.1) is 30.2 Å². The number of sulfone groups is 1. The average molecular weight is 435 g/mol. The second-order valence-corrected chi connectivity index (χ2v) is 11.8. The van der Waals surface area contributed by atoms with Gasteiger partial charge in [-0.05, 0) is 62.0 Å². The zero-order valence-electron chi connectivity index (χ0n) is 17.4. The van der Waals surface area contributed by atoms with Crippen molar-refractivity contribution < 1.29 is 22.7 Å². The van der Waals surface area contributed by atoms with Gasteiger partial charge in [0, 0.05) is 12.3 Å². The normalized spacial score (nSPS) is 34.4. The van der Waals surface area contributed by atoms with Gasteiger partial charge in [0.1, 0.15) is 22.2 Å². The minimum Gasteiger partial charge on any atom is -0.490 e. The fourth-order valence-corrected chi connectivity index (χ4v) is 6.76. The van der Waals surface area contributed by atoms with Gasteiger partial charge < -0.3 is 14.8 Å². The maximum atomic E-state index is 13.2. The summed E-state index contributed by atoms with van der Waals surface area (Å²) in [6.07, 6.45) is 6.35. The number of nitrogens with one attached hydrogen (secondary N) is 1. The first-order valence-corrected chi connectivity index (χ1v) is 13.0. The van der Waals surface area contributed by atoms with E-state index in [1.54, 1.807) is 4.90 Å². The van der Waals surface area contributed by atoms with Crippen LogP contribution in [-0.2, 0) is 14.6 Å². The Labute approximate surface area is 178 Å². The molecule has 4 aliphatic carbocycles. The van der Waals surface area contributed by atoms with E-state index in [1.807, 2.05) is 24.3 Å². The summed E-state index contributed by atoms with van der Waals surface area (Å²) in [6, 6.07) is 7.78. The van der Waals surface area contributed by atoms with Gasteiger partial charge >= 0.3 is 6.03 Å². The number of hydrogen-bond acceptors (Lipinski definition) is 5. The molecule has 0 radical (unpaired) electrons. The zero-order valence-corrected chi connectivity index (χ0v) is 18.2. The van der Waals surface area contributed by atoms with Crippen molar-refractivity contribution in [1.82, 2.24) is 5.32 Å². The Kier molecular flexibility index (Phi) is 4.97. The first-order valence-electron chi connectivity index (χ1n) is 10.9. The molecule has 1 heterocycles. The summed E-state index contributed by atoms with van der Waals surface area (Å²) in [4.78, 5) is 15.0. The molecule has 5 aliphatic rings. The lowest BCUT2D eigenvalue weighted by molar-refractivity contribution is -0.168. The van der Waals surface area contributed by atoms with E-state index in [2.05, 4.69) is 5.32 Å². The van der Waals surface area contributed by atoms with Crippen LogP contribution in [-0.4, -0.2) is 57.9 Å². The van der Waals surface area contributed by atoms with Crippen LogP contribution in [0.3, 0.4) is 0 Å². The van der Waals surface area contributed by atoms with Gasteiger partial charge in [-0.25, -0.2) is 13.2 Å². The summed E-state index contributed by atoms with van der Waals surface area (Å²) in [5, 5.41) is 3.35. The van der Waals surface area contributed by atoms with Crippen molar-refractivity contribution >= 4 is 21.6 Å². The topological polar surface area (TPSA) is 84.9 Å². The van der Waals surface area contributed by atoms with Crippen LogP contribution in [0.2, 0.25) is 0 Å². The fraction of sp³-hybridized carbons (Fsp3) is 0.682. The Bertz CT molecular complexity index is 917. The highest BCUT2D eigenvalue weighted by atomic mass is 32.2. The van der Waals surface area contributed by atoms with Crippen LogP contribution in [0.15, 0.2) is 24.3 Å². The highest BCUT2D eigenvalue weighted by Gasteiger charge is 2.56. The van der Waals surface area contributed by atoms with Crippen molar-refractivity contribution in [1.29, 1.82) is 0 Å². The van der Waals surface area contributed by atoms with Crippen molar-refractivity contribution in [3.8, 4) is 5.75 Å². The molecular formula is C22H30N2O5S. The van der Waals surface area contributed by atoms with Crippen molar-refractivity contribution in [3.05, 3.63) is 24.3 Å². The molecule has 164 valence electrons. The number of urea groups is 1. The molecule has 2 amide bonds. The van der Waals surface area contributed by atoms with E-state index in [9.17, 15) is 13.2 Å². The Balaban J connectivity index is 1.27. The first kappa shape index (κ1) is 20.1. The number of para-hydroxylation sites is 2. The van der Waals surface area contributed by atoms with E-state index in [0.29, 0.717) is 30.9 Å². The molecule has 0 aromatic heterocycles. The smallest absolute Gasteiger partial charge is 0.322 e. The van der Waals surface area contributed by atoms with E-state index in [4.69, 9.17) is 9.47 Å². The largest absolute Gasteiger partial charge is 0.490 e. The first-order chi connectivity index (χ1) is 14.3. The monoisotopic (exact) mass is 434 g/mol. The molecule has 1 aromatic carbocycles. The number of ether oxygens (including phenoxy) is 2. The summed E-state index contributed by atoms with van der Waals surface area (Å²) >= 11 is 0. The summed E-state index contributed by atoms with van der Waals surface area (Å²) in [5.74, 6) is 2.25. The molecule has 1 N–H and O–H groups in total. The Hall–Kier alpha value is -1.80. The van der Waals surface area contributed by atoms with Gasteiger partial charge in [-0.1, -0.05) is 12.1 Å². The van der Waals surface area contributed by atoms with Crippen LogP contribution >= 0.6 is 0 Å². The average Bonchev–Trinajstić information content (AvgIpc) is 2.68. The lowest BCUT2D eigenvalue weighted by atomic mass is 9.52. The van der Waals surface area contributed by atoms with Crippen LogP contribution in [0, 0.1) is 17.8 Å². The molecule has 30 heavy (non-hydrogen) atoms. The maximum Gasteiger partial charge on any atom is 0.322 e. The quantitative estimate of drug-likeness (QED) is 0.770. The number of benzene rings is 1. The minimum absolute atomic E-state index is 0.0460. The predicted octanol–water partition coefficient (Wildman–Crippen LogP) is 2.60. The van der Waals surface area contributed by atoms with Crippen LogP contribution < -0.4 is 15.0 Å². The molecule has 6 rings (SSSR count). The van der Waals surface area contributed by atoms with Gasteiger partial charge in [-0.15, -0.1) is 0 Å². The third-order valence-corrected chi connectivity index (χ3v) is 8.25. The number of anilines is 1. The van der Waals surface area contributed by atoms with E-state index < -0.39 is 9.84 Å². The molecule has 8 heteroatoms. The Morgan fingerprint density at radius 2 is 1.97 bits per heavy atom. The van der Waals surface area contributed by atoms with Gasteiger partial charge in [0.15, 0.2) is 0 Å². The lowest BCUT2D eigenvalue weighted by Gasteiger charge is -2.59. The molecule has 2 unspecified atom stereocenters. The molecule has 2 atom stereocenters. The summed E-state index contributed by atoms with van der Waals surface area (Å²) in [7, 11) is -3.02. The van der Waals surface area contributed by atoms with Gasteiger partial charge in [-0.3, -0.25) is 4.90 Å². The van der Waals surface area contributed by atoms with Crippen LogP contribution in [0.25, 0.3) is 0 Å². The lowest BCUT2D eigenvalue weighted by Crippen LogP contribution is -2.63. The minimum atomic E-state index is -3.02. The zero-order chi connectivity index (χ0) is 20.9. The van der Waals surface area contributed by atoms with E-state index in [1.165, 1.54) is 6.26 Å². The number of carbonyl (C=O) groups excluding carboxylic acids is 1.